The molecule has 1 unspecified atom stereocenters. The lowest BCUT2D eigenvalue weighted by atomic mass is 10.1. The van der Waals surface area contributed by atoms with Crippen LogP contribution in [0.2, 0.25) is 5.02 Å². The van der Waals surface area contributed by atoms with Crippen molar-refractivity contribution in [3.05, 3.63) is 52.4 Å². The van der Waals surface area contributed by atoms with Crippen molar-refractivity contribution in [2.75, 3.05) is 5.32 Å². The molecule has 18 heavy (non-hydrogen) atoms. The summed E-state index contributed by atoms with van der Waals surface area (Å²) < 4.78 is 5.54. The first-order chi connectivity index (χ1) is 8.61. The summed E-state index contributed by atoms with van der Waals surface area (Å²) in [6, 6.07) is 11.3. The third-order valence-corrected chi connectivity index (χ3v) is 3.00. The molecule has 0 radical (unpaired) electrons. The number of hydrogen-bond acceptors (Lipinski definition) is 3. The van der Waals surface area contributed by atoms with E-state index in [1.807, 2.05) is 38.1 Å². The van der Waals surface area contributed by atoms with Crippen LogP contribution in [-0.2, 0) is 0 Å². The van der Waals surface area contributed by atoms with Crippen molar-refractivity contribution in [1.82, 2.24) is 0 Å². The van der Waals surface area contributed by atoms with Crippen LogP contribution < -0.4 is 5.32 Å². The van der Waals surface area contributed by atoms with Gasteiger partial charge in [0.1, 0.15) is 17.6 Å². The quantitative estimate of drug-likeness (QED) is 0.896. The topological polar surface area (TPSA) is 49.0 Å². The molecular weight excluding hydrogens is 248 g/mol. The van der Waals surface area contributed by atoms with Crippen molar-refractivity contribution in [2.45, 2.75) is 19.9 Å². The molecule has 1 atom stereocenters. The van der Waals surface area contributed by atoms with Gasteiger partial charge in [0.2, 0.25) is 0 Å². The molecule has 0 saturated heterocycles. The van der Waals surface area contributed by atoms with Crippen LogP contribution in [0.5, 0.6) is 0 Å². The molecule has 0 aliphatic carbocycles. The summed E-state index contributed by atoms with van der Waals surface area (Å²) in [7, 11) is 0. The van der Waals surface area contributed by atoms with Gasteiger partial charge in [0, 0.05) is 0 Å². The summed E-state index contributed by atoms with van der Waals surface area (Å²) >= 11 is 5.98. The van der Waals surface area contributed by atoms with Gasteiger partial charge in [-0.25, -0.2) is 0 Å². The summed E-state index contributed by atoms with van der Waals surface area (Å²) in [5.74, 6) is 1.70. The maximum Gasteiger partial charge on any atom is 0.126 e. The van der Waals surface area contributed by atoms with E-state index in [-0.39, 0.29) is 6.04 Å². The lowest BCUT2D eigenvalue weighted by Gasteiger charge is -2.14. The van der Waals surface area contributed by atoms with Crippen molar-refractivity contribution in [2.24, 2.45) is 0 Å². The third-order valence-electron chi connectivity index (χ3n) is 2.69. The Balaban J connectivity index is 2.25. The van der Waals surface area contributed by atoms with Crippen LogP contribution in [-0.4, -0.2) is 0 Å². The van der Waals surface area contributed by atoms with Crippen LogP contribution in [0, 0.1) is 18.3 Å². The molecule has 4 heteroatoms. The van der Waals surface area contributed by atoms with Gasteiger partial charge < -0.3 is 9.73 Å². The number of hydrogen-bond donors (Lipinski definition) is 1. The van der Waals surface area contributed by atoms with Crippen LogP contribution in [0.15, 0.2) is 34.7 Å². The normalized spacial score (nSPS) is 11.9. The van der Waals surface area contributed by atoms with E-state index in [0.717, 1.165) is 11.5 Å². The number of benzene rings is 1. The fraction of sp³-hybridized carbons (Fsp3) is 0.214. The number of nitrogens with zero attached hydrogens (tertiary/aromatic N) is 1. The standard InChI is InChI=1S/C14H13ClN2O/c1-9-6-7-14(18-9)10(2)17-13-5-3-4-12(15)11(13)8-16/h3-7,10,17H,1-2H3. The number of halogens is 1. The van der Waals surface area contributed by atoms with Gasteiger partial charge in [0.05, 0.1) is 22.3 Å². The molecule has 0 aliphatic heterocycles. The van der Waals surface area contributed by atoms with E-state index < -0.39 is 0 Å². The molecular formula is C14H13ClN2O. The molecule has 2 rings (SSSR count). The SMILES string of the molecule is Cc1ccc(C(C)Nc2cccc(Cl)c2C#N)o1. The van der Waals surface area contributed by atoms with Gasteiger partial charge in [-0.2, -0.15) is 5.26 Å². The summed E-state index contributed by atoms with van der Waals surface area (Å²) in [4.78, 5) is 0. The van der Waals surface area contributed by atoms with Crippen molar-refractivity contribution < 1.29 is 4.42 Å². The van der Waals surface area contributed by atoms with Gasteiger partial charge in [0.15, 0.2) is 0 Å². The Hall–Kier alpha value is -1.92. The van der Waals surface area contributed by atoms with E-state index in [1.165, 1.54) is 0 Å². The average Bonchev–Trinajstić information content (AvgIpc) is 2.76. The number of anilines is 1. The Labute approximate surface area is 111 Å². The minimum atomic E-state index is -0.0238. The molecule has 0 saturated carbocycles. The highest BCUT2D eigenvalue weighted by molar-refractivity contribution is 6.32. The molecule has 0 amide bonds. The molecule has 1 N–H and O–H groups in total. The van der Waals surface area contributed by atoms with Gasteiger partial charge in [-0.3, -0.25) is 0 Å². The molecule has 1 heterocycles. The van der Waals surface area contributed by atoms with E-state index in [0.29, 0.717) is 16.3 Å². The molecule has 0 aliphatic rings. The highest BCUT2D eigenvalue weighted by atomic mass is 35.5. The molecule has 2 aromatic rings. The van der Waals surface area contributed by atoms with Crippen LogP contribution in [0.25, 0.3) is 0 Å². The fourth-order valence-corrected chi connectivity index (χ4v) is 1.97. The average molecular weight is 261 g/mol. The monoisotopic (exact) mass is 260 g/mol. The Morgan fingerprint density at radius 2 is 2.11 bits per heavy atom. The molecule has 92 valence electrons. The Morgan fingerprint density at radius 1 is 1.33 bits per heavy atom. The van der Waals surface area contributed by atoms with Crippen LogP contribution in [0.1, 0.15) is 30.0 Å². The first-order valence-corrected chi connectivity index (χ1v) is 6.01. The van der Waals surface area contributed by atoms with E-state index in [4.69, 9.17) is 21.3 Å². The highest BCUT2D eigenvalue weighted by Gasteiger charge is 2.12. The number of aryl methyl sites for hydroxylation is 1. The fourth-order valence-electron chi connectivity index (χ4n) is 1.75. The second-order valence-electron chi connectivity index (χ2n) is 4.09. The van der Waals surface area contributed by atoms with Crippen molar-refractivity contribution >= 4 is 17.3 Å². The molecule has 1 aromatic heterocycles. The summed E-state index contributed by atoms with van der Waals surface area (Å²) in [6.07, 6.45) is 0. The lowest BCUT2D eigenvalue weighted by Crippen LogP contribution is -2.07. The lowest BCUT2D eigenvalue weighted by molar-refractivity contribution is 0.467. The van der Waals surface area contributed by atoms with Crippen LogP contribution in [0.3, 0.4) is 0 Å². The second-order valence-corrected chi connectivity index (χ2v) is 4.50. The zero-order valence-electron chi connectivity index (χ0n) is 10.2. The smallest absolute Gasteiger partial charge is 0.126 e. The molecule has 0 fully saturated rings. The van der Waals surface area contributed by atoms with E-state index in [9.17, 15) is 0 Å². The second kappa shape index (κ2) is 5.16. The number of nitriles is 1. The van der Waals surface area contributed by atoms with Crippen LogP contribution >= 0.6 is 11.6 Å². The van der Waals surface area contributed by atoms with Gasteiger partial charge >= 0.3 is 0 Å². The minimum absolute atomic E-state index is 0.0238. The predicted molar refractivity (Wildman–Crippen MR) is 71.6 cm³/mol. The largest absolute Gasteiger partial charge is 0.464 e. The summed E-state index contributed by atoms with van der Waals surface area (Å²) in [6.45, 7) is 3.87. The summed E-state index contributed by atoms with van der Waals surface area (Å²) in [5.41, 5.74) is 1.17. The number of rotatable bonds is 3. The van der Waals surface area contributed by atoms with Gasteiger partial charge in [0.25, 0.3) is 0 Å². The van der Waals surface area contributed by atoms with Crippen molar-refractivity contribution in [3.8, 4) is 6.07 Å². The van der Waals surface area contributed by atoms with Gasteiger partial charge in [-0.1, -0.05) is 17.7 Å². The Kier molecular flexibility index (Phi) is 3.59. The maximum absolute atomic E-state index is 9.09. The Bertz CT molecular complexity index is 598. The molecule has 3 nitrogen and oxygen atoms in total. The van der Waals surface area contributed by atoms with Crippen LogP contribution in [0.4, 0.5) is 5.69 Å². The molecule has 0 bridgehead atoms. The zero-order chi connectivity index (χ0) is 13.1. The van der Waals surface area contributed by atoms with Crippen molar-refractivity contribution in [3.63, 3.8) is 0 Å². The minimum Gasteiger partial charge on any atom is -0.464 e. The van der Waals surface area contributed by atoms with E-state index in [1.54, 1.807) is 6.07 Å². The first-order valence-electron chi connectivity index (χ1n) is 5.63. The van der Waals surface area contributed by atoms with E-state index in [2.05, 4.69) is 11.4 Å². The predicted octanol–water partition coefficient (Wildman–Crippen LogP) is 4.29. The Morgan fingerprint density at radius 3 is 2.72 bits per heavy atom. The molecule has 1 aromatic carbocycles. The third kappa shape index (κ3) is 2.49. The van der Waals surface area contributed by atoms with Gasteiger partial charge in [-0.05, 0) is 38.1 Å². The summed E-state index contributed by atoms with van der Waals surface area (Å²) in [5, 5.41) is 12.8. The van der Waals surface area contributed by atoms with Gasteiger partial charge in [-0.15, -0.1) is 0 Å². The van der Waals surface area contributed by atoms with E-state index >= 15 is 0 Å². The number of nitrogens with one attached hydrogen (secondary N) is 1. The van der Waals surface area contributed by atoms with Crippen molar-refractivity contribution in [1.29, 1.82) is 5.26 Å². The maximum atomic E-state index is 9.09. The molecule has 0 spiro atoms. The zero-order valence-corrected chi connectivity index (χ0v) is 11.0. The first kappa shape index (κ1) is 12.5. The highest BCUT2D eigenvalue weighted by Crippen LogP contribution is 2.27. The number of furan rings is 1.